The number of nitrogens with zero attached hydrogens (tertiary/aromatic N) is 3. The highest BCUT2D eigenvalue weighted by Gasteiger charge is 2.35. The summed E-state index contributed by atoms with van der Waals surface area (Å²) in [6.07, 6.45) is -0.547. The normalized spacial score (nSPS) is 15.4. The van der Waals surface area contributed by atoms with Crippen molar-refractivity contribution in [3.63, 3.8) is 0 Å². The number of hydrogen-bond acceptors (Lipinski definition) is 7. The van der Waals surface area contributed by atoms with Crippen LogP contribution in [0.3, 0.4) is 0 Å². The lowest BCUT2D eigenvalue weighted by molar-refractivity contribution is 0.121. The van der Waals surface area contributed by atoms with E-state index in [4.69, 9.17) is 36.1 Å². The smallest absolute Gasteiger partial charge is 0.413 e. The molecule has 3 atom stereocenters. The van der Waals surface area contributed by atoms with Crippen LogP contribution in [0.1, 0.15) is 47.4 Å². The number of rotatable bonds is 11. The topological polar surface area (TPSA) is 114 Å². The number of nitrogens with one attached hydrogen (secondary N) is 1. The van der Waals surface area contributed by atoms with E-state index in [2.05, 4.69) is 30.8 Å². The maximum atomic E-state index is 14.2. The molecule has 4 aromatic rings. The zero-order valence-electron chi connectivity index (χ0n) is 23.3. The standard InChI is InChI=1S/C28H37ClN5O4P/c1-7-36-17-24-32-25-26(22-10-8-9-11-23(22)31-27(25)30)34(24)16-18(2)37-39(35,33-19(3)28(4,5)6)38-21-14-12-20(29)13-15-21/h8-15,18-19H,7,16-17H2,1-6H3,(H2,30,31)(H,33,35)/t18-,19-,39-/m0/s1. The van der Waals surface area contributed by atoms with Gasteiger partial charge in [-0.3, -0.25) is 4.52 Å². The predicted octanol–water partition coefficient (Wildman–Crippen LogP) is 6.97. The zero-order valence-corrected chi connectivity index (χ0v) is 24.9. The Hall–Kier alpha value is -2.68. The van der Waals surface area contributed by atoms with Gasteiger partial charge in [-0.15, -0.1) is 0 Å². The summed E-state index contributed by atoms with van der Waals surface area (Å²) in [4.78, 5) is 9.30. The van der Waals surface area contributed by atoms with Gasteiger partial charge in [0.15, 0.2) is 5.82 Å². The number of ether oxygens (including phenoxy) is 1. The monoisotopic (exact) mass is 573 g/mol. The maximum Gasteiger partial charge on any atom is 0.459 e. The molecule has 9 nitrogen and oxygen atoms in total. The van der Waals surface area contributed by atoms with Gasteiger partial charge in [-0.05, 0) is 56.5 Å². The van der Waals surface area contributed by atoms with Crippen LogP contribution in [0.2, 0.25) is 5.02 Å². The first-order chi connectivity index (χ1) is 18.4. The third-order valence-electron chi connectivity index (χ3n) is 6.57. The molecule has 0 fully saturated rings. The van der Waals surface area contributed by atoms with E-state index in [9.17, 15) is 4.57 Å². The second kappa shape index (κ2) is 11.8. The first kappa shape index (κ1) is 29.3. The summed E-state index contributed by atoms with van der Waals surface area (Å²) >= 11 is 6.04. The van der Waals surface area contributed by atoms with E-state index in [1.54, 1.807) is 24.3 Å². The average Bonchev–Trinajstić information content (AvgIpc) is 3.22. The first-order valence-electron chi connectivity index (χ1n) is 13.0. The molecule has 11 heteroatoms. The van der Waals surface area contributed by atoms with Crippen LogP contribution in [-0.4, -0.2) is 33.3 Å². The number of benzene rings is 2. The number of pyridine rings is 1. The van der Waals surface area contributed by atoms with E-state index in [0.717, 1.165) is 16.4 Å². The lowest BCUT2D eigenvalue weighted by atomic mass is 9.89. The number of nitrogens with two attached hydrogens (primary N) is 1. The Balaban J connectivity index is 1.71. The molecule has 0 aliphatic carbocycles. The molecule has 0 saturated carbocycles. The van der Waals surface area contributed by atoms with Crippen molar-refractivity contribution in [1.82, 2.24) is 19.6 Å². The van der Waals surface area contributed by atoms with E-state index in [0.29, 0.717) is 41.1 Å². The van der Waals surface area contributed by atoms with Gasteiger partial charge in [-0.25, -0.2) is 19.6 Å². The van der Waals surface area contributed by atoms with E-state index >= 15 is 0 Å². The van der Waals surface area contributed by atoms with Crippen LogP contribution in [0.5, 0.6) is 5.75 Å². The molecule has 0 bridgehead atoms. The first-order valence-corrected chi connectivity index (χ1v) is 14.9. The molecule has 4 rings (SSSR count). The van der Waals surface area contributed by atoms with Crippen LogP contribution in [-0.2, 0) is 27.0 Å². The molecule has 39 heavy (non-hydrogen) atoms. The summed E-state index contributed by atoms with van der Waals surface area (Å²) in [6.45, 7) is 13.0. The number of anilines is 1. The second-order valence-corrected chi connectivity index (χ2v) is 12.7. The number of imidazole rings is 1. The van der Waals surface area contributed by atoms with E-state index in [1.165, 1.54) is 0 Å². The molecule has 0 aliphatic heterocycles. The van der Waals surface area contributed by atoms with Crippen LogP contribution in [0, 0.1) is 5.41 Å². The third kappa shape index (κ3) is 6.91. The molecule has 0 saturated heterocycles. The van der Waals surface area contributed by atoms with Crippen LogP contribution in [0.25, 0.3) is 21.9 Å². The summed E-state index contributed by atoms with van der Waals surface area (Å²) in [5.74, 6) is 1.40. The van der Waals surface area contributed by atoms with Gasteiger partial charge < -0.3 is 19.6 Å². The van der Waals surface area contributed by atoms with Gasteiger partial charge in [-0.1, -0.05) is 50.6 Å². The fourth-order valence-corrected chi connectivity index (χ4v) is 6.16. The largest absolute Gasteiger partial charge is 0.459 e. The van der Waals surface area contributed by atoms with Crippen molar-refractivity contribution in [3.8, 4) is 5.75 Å². The highest BCUT2D eigenvalue weighted by atomic mass is 35.5. The number of para-hydroxylation sites is 1. The lowest BCUT2D eigenvalue weighted by Gasteiger charge is -2.32. The molecule has 2 heterocycles. The Morgan fingerprint density at radius 2 is 1.79 bits per heavy atom. The van der Waals surface area contributed by atoms with Gasteiger partial charge in [0, 0.05) is 23.1 Å². The molecule has 0 aliphatic rings. The summed E-state index contributed by atoms with van der Waals surface area (Å²) in [5, 5.41) is 4.59. The van der Waals surface area contributed by atoms with Crippen LogP contribution in [0.15, 0.2) is 48.5 Å². The zero-order chi connectivity index (χ0) is 28.4. The fraction of sp³-hybridized carbons (Fsp3) is 0.429. The molecule has 0 amide bonds. The third-order valence-corrected chi connectivity index (χ3v) is 8.62. The number of nitrogen functional groups attached to an aromatic ring is 1. The second-order valence-electron chi connectivity index (χ2n) is 10.7. The minimum atomic E-state index is -3.83. The molecular formula is C28H37ClN5O4P. The molecule has 210 valence electrons. The van der Waals surface area contributed by atoms with E-state index < -0.39 is 13.9 Å². The predicted molar refractivity (Wildman–Crippen MR) is 157 cm³/mol. The van der Waals surface area contributed by atoms with Crippen LogP contribution >= 0.6 is 19.3 Å². The average molecular weight is 574 g/mol. The number of halogens is 1. The van der Waals surface area contributed by atoms with Crippen molar-refractivity contribution >= 4 is 47.1 Å². The Bertz CT molecular complexity index is 1490. The number of aromatic nitrogens is 3. The Kier molecular flexibility index (Phi) is 8.88. The molecule has 2 aromatic carbocycles. The van der Waals surface area contributed by atoms with Crippen LogP contribution in [0.4, 0.5) is 5.82 Å². The SMILES string of the molecule is CCOCc1nc2c(N)nc3ccccc3c2n1C[C@H](C)O[P@@](=O)(N[C@@H](C)C(C)(C)C)Oc1ccc(Cl)cc1. The van der Waals surface area contributed by atoms with E-state index in [1.807, 2.05) is 49.6 Å². The molecular weight excluding hydrogens is 537 g/mol. The van der Waals surface area contributed by atoms with E-state index in [-0.39, 0.29) is 18.1 Å². The maximum absolute atomic E-state index is 14.2. The van der Waals surface area contributed by atoms with Gasteiger partial charge in [0.05, 0.1) is 23.7 Å². The summed E-state index contributed by atoms with van der Waals surface area (Å²) in [5.41, 5.74) is 8.30. The quantitative estimate of drug-likeness (QED) is 0.185. The molecule has 0 unspecified atom stereocenters. The van der Waals surface area contributed by atoms with Gasteiger partial charge in [0.2, 0.25) is 0 Å². The van der Waals surface area contributed by atoms with Crippen molar-refractivity contribution < 1.29 is 18.3 Å². The van der Waals surface area contributed by atoms with Crippen molar-refractivity contribution in [2.24, 2.45) is 5.41 Å². The highest BCUT2D eigenvalue weighted by Crippen LogP contribution is 2.48. The van der Waals surface area contributed by atoms with Gasteiger partial charge >= 0.3 is 7.75 Å². The Morgan fingerprint density at radius 1 is 1.10 bits per heavy atom. The molecule has 0 spiro atoms. The summed E-state index contributed by atoms with van der Waals surface area (Å²) < 4.78 is 34.1. The fourth-order valence-electron chi connectivity index (χ4n) is 4.08. The van der Waals surface area contributed by atoms with Gasteiger partial charge in [-0.2, -0.15) is 0 Å². The van der Waals surface area contributed by atoms with Crippen molar-refractivity contribution in [1.29, 1.82) is 0 Å². The van der Waals surface area contributed by atoms with Crippen LogP contribution < -0.4 is 15.3 Å². The Labute approximate surface area is 234 Å². The van der Waals surface area contributed by atoms with Crippen molar-refractivity contribution in [2.45, 2.75) is 66.8 Å². The number of fused-ring (bicyclic) bond motifs is 3. The Morgan fingerprint density at radius 3 is 2.46 bits per heavy atom. The minimum Gasteiger partial charge on any atom is -0.413 e. The number of hydrogen-bond donors (Lipinski definition) is 2. The van der Waals surface area contributed by atoms with Gasteiger partial charge in [0.25, 0.3) is 0 Å². The van der Waals surface area contributed by atoms with Crippen molar-refractivity contribution in [3.05, 3.63) is 59.4 Å². The molecule has 3 N–H and O–H groups in total. The van der Waals surface area contributed by atoms with Gasteiger partial charge in [0.1, 0.15) is 23.7 Å². The lowest BCUT2D eigenvalue weighted by Crippen LogP contribution is -2.38. The minimum absolute atomic E-state index is 0.180. The highest BCUT2D eigenvalue weighted by molar-refractivity contribution is 7.52. The van der Waals surface area contributed by atoms with Crippen molar-refractivity contribution in [2.75, 3.05) is 12.3 Å². The molecule has 2 aromatic heterocycles. The summed E-state index contributed by atoms with van der Waals surface area (Å²) in [6, 6.07) is 14.3. The summed E-state index contributed by atoms with van der Waals surface area (Å²) in [7, 11) is -3.83. The molecule has 0 radical (unpaired) electrons.